The molecule has 0 saturated carbocycles. The van der Waals surface area contributed by atoms with Crippen molar-refractivity contribution in [3.63, 3.8) is 0 Å². The maximum absolute atomic E-state index is 12.7. The molecule has 32 heavy (non-hydrogen) atoms. The maximum Gasteiger partial charge on any atom is 0.416 e. The van der Waals surface area contributed by atoms with E-state index in [1.54, 1.807) is 48.5 Å². The van der Waals surface area contributed by atoms with Crippen molar-refractivity contribution in [2.24, 2.45) is 0 Å². The third-order valence-corrected chi connectivity index (χ3v) is 4.70. The van der Waals surface area contributed by atoms with Crippen LogP contribution in [0, 0.1) is 0 Å². The van der Waals surface area contributed by atoms with Crippen molar-refractivity contribution in [3.05, 3.63) is 89.5 Å². The number of ether oxygens (including phenoxy) is 1. The summed E-state index contributed by atoms with van der Waals surface area (Å²) in [5, 5.41) is 5.42. The van der Waals surface area contributed by atoms with Crippen LogP contribution in [0.15, 0.2) is 72.8 Å². The van der Waals surface area contributed by atoms with Crippen LogP contribution in [0.2, 0.25) is 0 Å². The van der Waals surface area contributed by atoms with Gasteiger partial charge in [-0.05, 0) is 53.6 Å². The number of rotatable bonds is 7. The number of amides is 2. The molecule has 0 spiro atoms. The van der Waals surface area contributed by atoms with E-state index in [1.165, 1.54) is 19.2 Å². The standard InChI is InChI=1S/C24H21F3N2O3/c1-32-21-7-3-6-19(15-21)23(31)29-13-12-28-22(30)18-5-2-4-17(14-18)16-8-10-20(11-9-16)24(25,26)27/h2-11,14-15H,12-13H2,1H3,(H,28,30)(H,29,31). The van der Waals surface area contributed by atoms with Crippen LogP contribution < -0.4 is 15.4 Å². The Morgan fingerprint density at radius 3 is 1.91 bits per heavy atom. The van der Waals surface area contributed by atoms with Crippen molar-refractivity contribution in [2.45, 2.75) is 6.18 Å². The van der Waals surface area contributed by atoms with Crippen LogP contribution >= 0.6 is 0 Å². The average molecular weight is 442 g/mol. The number of nitrogens with one attached hydrogen (secondary N) is 2. The molecule has 5 nitrogen and oxygen atoms in total. The summed E-state index contributed by atoms with van der Waals surface area (Å²) >= 11 is 0. The van der Waals surface area contributed by atoms with Gasteiger partial charge >= 0.3 is 6.18 Å². The Kier molecular flexibility index (Phi) is 7.14. The van der Waals surface area contributed by atoms with Gasteiger partial charge in [-0.1, -0.05) is 30.3 Å². The van der Waals surface area contributed by atoms with Gasteiger partial charge in [0, 0.05) is 24.2 Å². The van der Waals surface area contributed by atoms with Crippen molar-refractivity contribution < 1.29 is 27.5 Å². The average Bonchev–Trinajstić information content (AvgIpc) is 2.81. The van der Waals surface area contributed by atoms with E-state index in [2.05, 4.69) is 10.6 Å². The Bertz CT molecular complexity index is 1100. The molecule has 0 aliphatic heterocycles. The molecular formula is C24H21F3N2O3. The van der Waals surface area contributed by atoms with Crippen LogP contribution in [0.5, 0.6) is 5.75 Å². The summed E-state index contributed by atoms with van der Waals surface area (Å²) in [5.74, 6) is -0.0734. The number of carbonyl (C=O) groups excluding carboxylic acids is 2. The highest BCUT2D eigenvalue weighted by atomic mass is 19.4. The van der Waals surface area contributed by atoms with E-state index < -0.39 is 11.7 Å². The first-order chi connectivity index (χ1) is 15.3. The minimum atomic E-state index is -4.40. The molecular weight excluding hydrogens is 421 g/mol. The lowest BCUT2D eigenvalue weighted by molar-refractivity contribution is -0.137. The quantitative estimate of drug-likeness (QED) is 0.528. The minimum Gasteiger partial charge on any atom is -0.497 e. The lowest BCUT2D eigenvalue weighted by atomic mass is 10.0. The number of benzene rings is 3. The topological polar surface area (TPSA) is 67.4 Å². The van der Waals surface area contributed by atoms with Gasteiger partial charge in [0.05, 0.1) is 12.7 Å². The molecule has 0 unspecified atom stereocenters. The largest absolute Gasteiger partial charge is 0.497 e. The van der Waals surface area contributed by atoms with E-state index >= 15 is 0 Å². The molecule has 8 heteroatoms. The van der Waals surface area contributed by atoms with E-state index in [4.69, 9.17) is 4.74 Å². The highest BCUT2D eigenvalue weighted by molar-refractivity contribution is 5.96. The first-order valence-electron chi connectivity index (χ1n) is 9.76. The van der Waals surface area contributed by atoms with Crippen LogP contribution in [0.4, 0.5) is 13.2 Å². The Hall–Kier alpha value is -3.81. The van der Waals surface area contributed by atoms with Crippen LogP contribution in [-0.2, 0) is 6.18 Å². The molecule has 0 aliphatic carbocycles. The van der Waals surface area contributed by atoms with E-state index in [9.17, 15) is 22.8 Å². The highest BCUT2D eigenvalue weighted by Crippen LogP contribution is 2.31. The number of hydrogen-bond acceptors (Lipinski definition) is 3. The normalized spacial score (nSPS) is 11.0. The van der Waals surface area contributed by atoms with Gasteiger partial charge in [0.15, 0.2) is 0 Å². The molecule has 3 rings (SSSR count). The highest BCUT2D eigenvalue weighted by Gasteiger charge is 2.29. The Balaban J connectivity index is 1.55. The van der Waals surface area contributed by atoms with Crippen LogP contribution in [-0.4, -0.2) is 32.0 Å². The van der Waals surface area contributed by atoms with Gasteiger partial charge in [0.25, 0.3) is 11.8 Å². The van der Waals surface area contributed by atoms with Gasteiger partial charge < -0.3 is 15.4 Å². The summed E-state index contributed by atoms with van der Waals surface area (Å²) in [6.07, 6.45) is -4.40. The molecule has 3 aromatic rings. The van der Waals surface area contributed by atoms with Gasteiger partial charge in [-0.15, -0.1) is 0 Å². The number of halogens is 3. The van der Waals surface area contributed by atoms with E-state index in [0.717, 1.165) is 12.1 Å². The fourth-order valence-corrected chi connectivity index (χ4v) is 3.01. The molecule has 0 aliphatic rings. The summed E-state index contributed by atoms with van der Waals surface area (Å²) in [4.78, 5) is 24.6. The smallest absolute Gasteiger partial charge is 0.416 e. The zero-order valence-corrected chi connectivity index (χ0v) is 17.2. The summed E-state index contributed by atoms with van der Waals surface area (Å²) in [6, 6.07) is 18.0. The van der Waals surface area contributed by atoms with E-state index in [0.29, 0.717) is 28.0 Å². The summed E-state index contributed by atoms with van der Waals surface area (Å²) in [5.41, 5.74) is 1.27. The summed E-state index contributed by atoms with van der Waals surface area (Å²) in [6.45, 7) is 0.430. The zero-order chi connectivity index (χ0) is 23.1. The number of alkyl halides is 3. The SMILES string of the molecule is COc1cccc(C(=O)NCCNC(=O)c2cccc(-c3ccc(C(F)(F)F)cc3)c2)c1. The van der Waals surface area contributed by atoms with Crippen LogP contribution in [0.1, 0.15) is 26.3 Å². The number of hydrogen-bond donors (Lipinski definition) is 2. The Morgan fingerprint density at radius 2 is 1.34 bits per heavy atom. The predicted octanol–water partition coefficient (Wildman–Crippen LogP) is 4.54. The molecule has 2 N–H and O–H groups in total. The Morgan fingerprint density at radius 1 is 0.781 bits per heavy atom. The van der Waals surface area contributed by atoms with Crippen molar-refractivity contribution in [2.75, 3.05) is 20.2 Å². The van der Waals surface area contributed by atoms with Gasteiger partial charge in [-0.25, -0.2) is 0 Å². The lowest BCUT2D eigenvalue weighted by Gasteiger charge is -2.10. The molecule has 0 bridgehead atoms. The van der Waals surface area contributed by atoms with Crippen molar-refractivity contribution in [1.82, 2.24) is 10.6 Å². The fourth-order valence-electron chi connectivity index (χ4n) is 3.01. The Labute approximate surface area is 183 Å². The molecule has 166 valence electrons. The van der Waals surface area contributed by atoms with Gasteiger partial charge in [-0.3, -0.25) is 9.59 Å². The second-order valence-electron chi connectivity index (χ2n) is 6.90. The summed E-state index contributed by atoms with van der Waals surface area (Å²) in [7, 11) is 1.51. The van der Waals surface area contributed by atoms with Gasteiger partial charge in [0.2, 0.25) is 0 Å². The third-order valence-electron chi connectivity index (χ3n) is 4.70. The van der Waals surface area contributed by atoms with Crippen molar-refractivity contribution >= 4 is 11.8 Å². The molecule has 0 saturated heterocycles. The summed E-state index contributed by atoms with van der Waals surface area (Å²) < 4.78 is 43.3. The van der Waals surface area contributed by atoms with E-state index in [-0.39, 0.29) is 24.9 Å². The third kappa shape index (κ3) is 5.87. The molecule has 0 radical (unpaired) electrons. The molecule has 3 aromatic carbocycles. The molecule has 0 atom stereocenters. The van der Waals surface area contributed by atoms with Crippen molar-refractivity contribution in [3.8, 4) is 16.9 Å². The van der Waals surface area contributed by atoms with E-state index in [1.807, 2.05) is 0 Å². The van der Waals surface area contributed by atoms with Crippen LogP contribution in [0.3, 0.4) is 0 Å². The zero-order valence-electron chi connectivity index (χ0n) is 17.2. The molecule has 0 heterocycles. The second kappa shape index (κ2) is 10.00. The maximum atomic E-state index is 12.7. The minimum absolute atomic E-state index is 0.207. The predicted molar refractivity (Wildman–Crippen MR) is 115 cm³/mol. The second-order valence-corrected chi connectivity index (χ2v) is 6.90. The molecule has 2 amide bonds. The van der Waals surface area contributed by atoms with Crippen LogP contribution in [0.25, 0.3) is 11.1 Å². The lowest BCUT2D eigenvalue weighted by Crippen LogP contribution is -2.34. The van der Waals surface area contributed by atoms with Gasteiger partial charge in [0.1, 0.15) is 5.75 Å². The first kappa shape index (κ1) is 22.9. The molecule has 0 fully saturated rings. The molecule has 0 aromatic heterocycles. The fraction of sp³-hybridized carbons (Fsp3) is 0.167. The number of carbonyl (C=O) groups is 2. The monoisotopic (exact) mass is 442 g/mol. The number of methoxy groups -OCH3 is 1. The van der Waals surface area contributed by atoms with Gasteiger partial charge in [-0.2, -0.15) is 13.2 Å². The van der Waals surface area contributed by atoms with Crippen molar-refractivity contribution in [1.29, 1.82) is 0 Å². The first-order valence-corrected chi connectivity index (χ1v) is 9.76.